The number of nitrogens with one attached hydrogen (secondary N) is 4. The number of rotatable bonds is 3. The van der Waals surface area contributed by atoms with E-state index in [1.54, 1.807) is 48.9 Å². The van der Waals surface area contributed by atoms with Gasteiger partial charge in [0.2, 0.25) is 11.8 Å². The highest BCUT2D eigenvalue weighted by Crippen LogP contribution is 2.48. The lowest BCUT2D eigenvalue weighted by Crippen LogP contribution is -2.35. The molecule has 8 rings (SSSR count). The lowest BCUT2D eigenvalue weighted by atomic mass is 9.84. The number of ether oxygens (including phenoxy) is 1. The van der Waals surface area contributed by atoms with Crippen LogP contribution in [-0.4, -0.2) is 76.7 Å². The van der Waals surface area contributed by atoms with Gasteiger partial charge in [-0.15, -0.1) is 0 Å². The second-order valence-electron chi connectivity index (χ2n) is 13.4. The third-order valence-corrected chi connectivity index (χ3v) is 10.4. The molecule has 5 aromatic rings. The second kappa shape index (κ2) is 23.8. The van der Waals surface area contributed by atoms with Gasteiger partial charge in [-0.2, -0.15) is 21.9 Å². The number of fused-ring (bicyclic) bond motifs is 4. The normalized spacial score (nSPS) is 15.5. The fraction of sp³-hybridized carbons (Fsp3) is 0.268. The molecule has 4 aromatic carbocycles. The molecule has 0 spiro atoms. The molecule has 2 saturated heterocycles. The highest BCUT2D eigenvalue weighted by Gasteiger charge is 2.34. The first kappa shape index (κ1) is 49.5. The Balaban J connectivity index is 0.000000247. The summed E-state index contributed by atoms with van der Waals surface area (Å²) in [5.74, 6) is 12.1. The summed E-state index contributed by atoms with van der Waals surface area (Å²) in [5.41, 5.74) is 10.1. The quantitative estimate of drug-likeness (QED) is 0.0513. The smallest absolute Gasteiger partial charge is 0.294 e. The number of hydrogen-bond donors (Lipinski definition) is 9. The van der Waals surface area contributed by atoms with Crippen molar-refractivity contribution in [3.63, 3.8) is 0 Å². The van der Waals surface area contributed by atoms with E-state index in [1.165, 1.54) is 67.7 Å². The van der Waals surface area contributed by atoms with Gasteiger partial charge in [0, 0.05) is 49.2 Å². The van der Waals surface area contributed by atoms with Crippen molar-refractivity contribution in [3.8, 4) is 22.9 Å². The van der Waals surface area contributed by atoms with Crippen molar-refractivity contribution in [3.05, 3.63) is 126 Å². The minimum Gasteiger partial charge on any atom is -0.456 e. The van der Waals surface area contributed by atoms with E-state index in [2.05, 4.69) is 68.6 Å². The number of aromatic amines is 1. The van der Waals surface area contributed by atoms with Gasteiger partial charge in [0.05, 0.1) is 9.79 Å². The topological polar surface area (TPSA) is 302 Å². The first-order valence-corrected chi connectivity index (χ1v) is 21.7. The molecule has 18 nitrogen and oxygen atoms in total. The van der Waals surface area contributed by atoms with Gasteiger partial charge < -0.3 is 15.2 Å². The third kappa shape index (κ3) is 15.9. The number of nitrogens with zero attached hydrogens (tertiary/aromatic N) is 2. The van der Waals surface area contributed by atoms with Crippen molar-refractivity contribution in [2.45, 2.75) is 75.3 Å². The predicted octanol–water partition coefficient (Wildman–Crippen LogP) is 4.46. The van der Waals surface area contributed by atoms with Gasteiger partial charge in [-0.3, -0.25) is 34.6 Å². The number of para-hydroxylation sites is 1. The molecule has 4 heterocycles. The van der Waals surface area contributed by atoms with E-state index in [9.17, 15) is 26.4 Å². The number of aliphatic hydroxyl groups is 1. The minimum absolute atomic E-state index is 0.0741. The Kier molecular flexibility index (Phi) is 19.3. The Labute approximate surface area is 355 Å². The van der Waals surface area contributed by atoms with Crippen molar-refractivity contribution >= 4 is 37.6 Å². The summed E-state index contributed by atoms with van der Waals surface area (Å²) in [6, 6.07) is 30.9. The van der Waals surface area contributed by atoms with E-state index >= 15 is 0 Å². The number of aliphatic hydroxyl groups excluding tert-OH is 1. The number of carbonyl (C=O) groups is 2. The molecular weight excluding hydrogens is 829 g/mol. The van der Waals surface area contributed by atoms with Crippen molar-refractivity contribution < 1.29 is 45.4 Å². The number of amides is 2. The van der Waals surface area contributed by atoms with E-state index in [0.717, 1.165) is 35.7 Å². The average Bonchev–Trinajstić information content (AvgIpc) is 3.84. The van der Waals surface area contributed by atoms with Gasteiger partial charge in [0.15, 0.2) is 5.82 Å². The molecule has 0 radical (unpaired) electrons. The van der Waals surface area contributed by atoms with Crippen LogP contribution >= 0.6 is 0 Å². The van der Waals surface area contributed by atoms with Crippen LogP contribution < -0.4 is 32.6 Å². The largest absolute Gasteiger partial charge is 0.456 e. The molecule has 2 unspecified atom stereocenters. The van der Waals surface area contributed by atoms with E-state index in [1.807, 2.05) is 23.8 Å². The molecule has 0 aliphatic carbocycles. The Morgan fingerprint density at radius 2 is 1.20 bits per heavy atom. The molecule has 2 amide bonds. The van der Waals surface area contributed by atoms with Crippen LogP contribution in [0, 0.1) is 6.92 Å². The fourth-order valence-corrected chi connectivity index (χ4v) is 7.12. The maximum absolute atomic E-state index is 10.4. The minimum atomic E-state index is -4.00. The summed E-state index contributed by atoms with van der Waals surface area (Å²) >= 11 is 0. The highest BCUT2D eigenvalue weighted by atomic mass is 32.2. The van der Waals surface area contributed by atoms with Crippen molar-refractivity contribution in [1.82, 2.24) is 31.3 Å². The number of H-pyrrole nitrogens is 1. The van der Waals surface area contributed by atoms with E-state index < -0.39 is 20.2 Å². The van der Waals surface area contributed by atoms with Crippen LogP contribution in [0.1, 0.15) is 63.4 Å². The van der Waals surface area contributed by atoms with E-state index in [-0.39, 0.29) is 28.2 Å². The number of piperidine rings is 1. The summed E-state index contributed by atoms with van der Waals surface area (Å²) in [4.78, 5) is 23.5. The summed E-state index contributed by atoms with van der Waals surface area (Å²) in [7, 11) is -8.01. The van der Waals surface area contributed by atoms with Gasteiger partial charge >= 0.3 is 0 Å². The molecule has 20 heteroatoms. The van der Waals surface area contributed by atoms with Gasteiger partial charge in [0.1, 0.15) is 17.3 Å². The van der Waals surface area contributed by atoms with Crippen LogP contribution in [0.3, 0.4) is 0 Å². The predicted molar refractivity (Wildman–Crippen MR) is 230 cm³/mol. The Morgan fingerprint density at radius 1 is 0.754 bits per heavy atom. The lowest BCUT2D eigenvalue weighted by Gasteiger charge is -2.30. The van der Waals surface area contributed by atoms with Crippen molar-refractivity contribution in [2.75, 3.05) is 6.61 Å². The molecule has 61 heavy (non-hydrogen) atoms. The molecular formula is C41H52N8O10S2. The molecule has 2 bridgehead atoms. The summed E-state index contributed by atoms with van der Waals surface area (Å²) in [6.45, 7) is 6.54. The number of hydrazine groups is 2. The van der Waals surface area contributed by atoms with Gasteiger partial charge in [-0.25, -0.2) is 16.7 Å². The summed E-state index contributed by atoms with van der Waals surface area (Å²) in [5, 5.41) is 18.6. The standard InChI is InChI=1S/C23H22N4O.2C6H6O3S.2C2H6N2O.C2H6O/c1-13-24-23(27-26-13)14-6-9-19-21(12-14)28-20-5-3-2-4-18(20)22(19)15-10-16-7-8-17(11-15)25-16;2*7-10(8,9)6-4-2-1-3-5-6;2*1-2(5)4-3;1-2-3/h2-6,9,12,16-17,25H,7-8,10-11H2,1H3,(H,24,26,27);2*1-5H,(H,7,8,9);2*3H2,1H3,(H,4,5);3H,2H2,1H3. The number of hydrogen-bond acceptors (Lipinski definition) is 13. The van der Waals surface area contributed by atoms with Crippen LogP contribution in [0.15, 0.2) is 118 Å². The first-order chi connectivity index (χ1) is 28.9. The number of nitrogens with two attached hydrogens (primary N) is 2. The fourth-order valence-electron chi connectivity index (χ4n) is 6.12. The maximum atomic E-state index is 10.4. The first-order valence-electron chi connectivity index (χ1n) is 18.8. The molecule has 2 atom stereocenters. The summed E-state index contributed by atoms with van der Waals surface area (Å²) < 4.78 is 64.8. The van der Waals surface area contributed by atoms with Crippen LogP contribution in [0.4, 0.5) is 0 Å². The zero-order valence-electron chi connectivity index (χ0n) is 34.1. The molecule has 3 aliphatic rings. The van der Waals surface area contributed by atoms with Gasteiger partial charge in [-0.1, -0.05) is 66.2 Å². The Hall–Kier alpha value is -5.84. The average molecular weight is 881 g/mol. The summed E-state index contributed by atoms with van der Waals surface area (Å²) in [6.07, 6.45) is 4.83. The number of aryl methyl sites for hydroxylation is 1. The molecule has 2 fully saturated rings. The van der Waals surface area contributed by atoms with Gasteiger partial charge in [0.25, 0.3) is 20.2 Å². The Bertz CT molecular complexity index is 2350. The van der Waals surface area contributed by atoms with Crippen LogP contribution in [-0.2, 0) is 29.8 Å². The maximum Gasteiger partial charge on any atom is 0.294 e. The van der Waals surface area contributed by atoms with Crippen LogP contribution in [0.25, 0.3) is 17.0 Å². The molecule has 11 N–H and O–H groups in total. The second-order valence-corrected chi connectivity index (χ2v) is 16.2. The van der Waals surface area contributed by atoms with Crippen molar-refractivity contribution in [2.24, 2.45) is 11.7 Å². The SMILES string of the molecule is CC(=O)NN.CC(=O)NN.CCO.Cc1nc(-c2ccc3c(c2)Oc2ccccc2C3=C2CC3CCC(C2)N3)n[nH]1.O=S(=O)(O)c1ccccc1.O=S(=O)(O)c1ccccc1. The molecule has 1 aromatic heterocycles. The van der Waals surface area contributed by atoms with E-state index in [4.69, 9.17) is 18.9 Å². The molecule has 0 saturated carbocycles. The van der Waals surface area contributed by atoms with E-state index in [0.29, 0.717) is 17.9 Å². The van der Waals surface area contributed by atoms with Crippen LogP contribution in [0.2, 0.25) is 0 Å². The number of carbonyl (C=O) groups excluding carboxylic acids is 2. The zero-order chi connectivity index (χ0) is 45.2. The monoisotopic (exact) mass is 880 g/mol. The molecule has 328 valence electrons. The Morgan fingerprint density at radius 3 is 1.61 bits per heavy atom. The third-order valence-electron chi connectivity index (χ3n) is 8.65. The number of benzene rings is 4. The number of aromatic nitrogens is 3. The van der Waals surface area contributed by atoms with Crippen LogP contribution in [0.5, 0.6) is 11.5 Å². The lowest BCUT2D eigenvalue weighted by molar-refractivity contribution is -0.119. The van der Waals surface area contributed by atoms with Crippen molar-refractivity contribution in [1.29, 1.82) is 0 Å². The highest BCUT2D eigenvalue weighted by molar-refractivity contribution is 7.86. The van der Waals surface area contributed by atoms with Gasteiger partial charge in [-0.05, 0) is 87.6 Å². The zero-order valence-corrected chi connectivity index (χ0v) is 35.7. The molecule has 3 aliphatic heterocycles.